The Balaban J connectivity index is 2.53. The van der Waals surface area contributed by atoms with Crippen LogP contribution in [-0.2, 0) is 4.79 Å². The summed E-state index contributed by atoms with van der Waals surface area (Å²) >= 11 is 0. The van der Waals surface area contributed by atoms with Crippen LogP contribution >= 0.6 is 0 Å². The minimum atomic E-state index is 0.543. The molecule has 1 unspecified atom stereocenters. The smallest absolute Gasteiger partial charge is 0.145 e. The third kappa shape index (κ3) is 2.95. The first-order valence-electron chi connectivity index (χ1n) is 5.54. The molecule has 1 aliphatic rings. The summed E-state index contributed by atoms with van der Waals surface area (Å²) in [6, 6.07) is 1.13. The van der Waals surface area contributed by atoms with Crippen molar-refractivity contribution in [1.82, 2.24) is 4.90 Å². The fraction of sp³-hybridized carbons (Fsp3) is 0.750. The first kappa shape index (κ1) is 11.4. The lowest BCUT2D eigenvalue weighted by Crippen LogP contribution is -2.44. The second kappa shape index (κ2) is 5.30. The van der Waals surface area contributed by atoms with Gasteiger partial charge in [0.2, 0.25) is 0 Å². The normalized spacial score (nSPS) is 23.8. The Morgan fingerprint density at radius 3 is 2.86 bits per heavy atom. The average molecular weight is 195 g/mol. The van der Waals surface area contributed by atoms with Gasteiger partial charge in [0.05, 0.1) is 0 Å². The fourth-order valence-corrected chi connectivity index (χ4v) is 2.27. The average Bonchev–Trinajstić information content (AvgIpc) is 2.18. The summed E-state index contributed by atoms with van der Waals surface area (Å²) in [6.07, 6.45) is 5.54. The van der Waals surface area contributed by atoms with E-state index in [1.165, 1.54) is 25.8 Å². The first-order valence-corrected chi connectivity index (χ1v) is 5.54. The number of hydrogen-bond acceptors (Lipinski definition) is 2. The van der Waals surface area contributed by atoms with E-state index in [0.717, 1.165) is 18.3 Å². The number of likely N-dealkylation sites (tertiary alicyclic amines) is 1. The zero-order chi connectivity index (χ0) is 10.6. The van der Waals surface area contributed by atoms with Crippen molar-refractivity contribution in [2.75, 3.05) is 6.54 Å². The van der Waals surface area contributed by atoms with Crippen LogP contribution in [-0.4, -0.2) is 29.8 Å². The molecule has 14 heavy (non-hydrogen) atoms. The molecule has 0 bridgehead atoms. The van der Waals surface area contributed by atoms with Gasteiger partial charge in [-0.3, -0.25) is 9.69 Å². The van der Waals surface area contributed by atoms with Crippen LogP contribution in [0, 0.1) is 0 Å². The van der Waals surface area contributed by atoms with Gasteiger partial charge in [-0.2, -0.15) is 0 Å². The Morgan fingerprint density at radius 1 is 1.57 bits per heavy atom. The number of carbonyl (C=O) groups excluding carboxylic acids is 1. The van der Waals surface area contributed by atoms with Crippen LogP contribution in [0.25, 0.3) is 0 Å². The summed E-state index contributed by atoms with van der Waals surface area (Å²) in [6.45, 7) is 9.39. The van der Waals surface area contributed by atoms with Crippen LogP contribution in [0.3, 0.4) is 0 Å². The predicted octanol–water partition coefficient (Wildman–Crippen LogP) is 2.39. The van der Waals surface area contributed by atoms with Gasteiger partial charge in [0, 0.05) is 12.1 Å². The predicted molar refractivity (Wildman–Crippen MR) is 59.3 cm³/mol. The number of carbonyl (C=O) groups is 1. The maximum absolute atomic E-state index is 10.5. The van der Waals surface area contributed by atoms with Gasteiger partial charge in [0.1, 0.15) is 6.29 Å². The van der Waals surface area contributed by atoms with Crippen LogP contribution < -0.4 is 0 Å². The summed E-state index contributed by atoms with van der Waals surface area (Å²) in [4.78, 5) is 13.0. The highest BCUT2D eigenvalue weighted by molar-refractivity contribution is 5.72. The van der Waals surface area contributed by atoms with Crippen molar-refractivity contribution in [2.24, 2.45) is 0 Å². The minimum Gasteiger partial charge on any atom is -0.298 e. The van der Waals surface area contributed by atoms with E-state index in [9.17, 15) is 4.79 Å². The van der Waals surface area contributed by atoms with Crippen molar-refractivity contribution < 1.29 is 4.79 Å². The number of rotatable bonds is 4. The monoisotopic (exact) mass is 195 g/mol. The molecule has 1 saturated heterocycles. The van der Waals surface area contributed by atoms with Crippen molar-refractivity contribution in [3.05, 3.63) is 12.2 Å². The molecule has 1 rings (SSSR count). The second-order valence-corrected chi connectivity index (χ2v) is 4.46. The SMILES string of the molecule is C=C(C=O)CC1CCCCN1C(C)C. The lowest BCUT2D eigenvalue weighted by molar-refractivity contribution is -0.105. The highest BCUT2D eigenvalue weighted by Gasteiger charge is 2.24. The Morgan fingerprint density at radius 2 is 2.29 bits per heavy atom. The number of nitrogens with zero attached hydrogens (tertiary/aromatic N) is 1. The highest BCUT2D eigenvalue weighted by atomic mass is 16.1. The molecule has 0 saturated carbocycles. The molecule has 2 heteroatoms. The molecule has 0 aliphatic carbocycles. The van der Waals surface area contributed by atoms with E-state index in [1.807, 2.05) is 0 Å². The van der Waals surface area contributed by atoms with Gasteiger partial charge in [-0.05, 0) is 45.2 Å². The number of aldehydes is 1. The molecule has 2 nitrogen and oxygen atoms in total. The quantitative estimate of drug-likeness (QED) is 0.507. The molecular formula is C12H21NO. The van der Waals surface area contributed by atoms with E-state index in [1.54, 1.807) is 0 Å². The molecule has 0 spiro atoms. The molecular weight excluding hydrogens is 174 g/mol. The second-order valence-electron chi connectivity index (χ2n) is 4.46. The van der Waals surface area contributed by atoms with E-state index in [2.05, 4.69) is 25.3 Å². The first-order chi connectivity index (χ1) is 6.65. The van der Waals surface area contributed by atoms with Gasteiger partial charge in [0.25, 0.3) is 0 Å². The highest BCUT2D eigenvalue weighted by Crippen LogP contribution is 2.23. The van der Waals surface area contributed by atoms with Crippen molar-refractivity contribution in [3.8, 4) is 0 Å². The number of piperidine rings is 1. The molecule has 0 radical (unpaired) electrons. The third-order valence-corrected chi connectivity index (χ3v) is 3.00. The van der Waals surface area contributed by atoms with Crippen molar-refractivity contribution in [1.29, 1.82) is 0 Å². The lowest BCUT2D eigenvalue weighted by atomic mass is 9.95. The molecule has 1 aliphatic heterocycles. The fourth-order valence-electron chi connectivity index (χ4n) is 2.27. The maximum Gasteiger partial charge on any atom is 0.145 e. The summed E-state index contributed by atoms with van der Waals surface area (Å²) in [5.74, 6) is 0. The standard InChI is InChI=1S/C12H21NO/c1-10(2)13-7-5-4-6-12(13)8-11(3)9-14/h9-10,12H,3-8H2,1-2H3. The zero-order valence-corrected chi connectivity index (χ0v) is 9.33. The Kier molecular flexibility index (Phi) is 4.33. The van der Waals surface area contributed by atoms with Crippen LogP contribution in [0.15, 0.2) is 12.2 Å². The van der Waals surface area contributed by atoms with Gasteiger partial charge in [0.15, 0.2) is 0 Å². The molecule has 0 aromatic carbocycles. The summed E-state index contributed by atoms with van der Waals surface area (Å²) in [5.41, 5.74) is 0.738. The molecule has 1 fully saturated rings. The van der Waals surface area contributed by atoms with Gasteiger partial charge in [-0.15, -0.1) is 0 Å². The Labute approximate surface area is 87.0 Å². The largest absolute Gasteiger partial charge is 0.298 e. The van der Waals surface area contributed by atoms with E-state index < -0.39 is 0 Å². The molecule has 0 aromatic rings. The van der Waals surface area contributed by atoms with Crippen LogP contribution in [0.5, 0.6) is 0 Å². The topological polar surface area (TPSA) is 20.3 Å². The molecule has 0 amide bonds. The van der Waals surface area contributed by atoms with Gasteiger partial charge >= 0.3 is 0 Å². The molecule has 1 heterocycles. The van der Waals surface area contributed by atoms with E-state index in [-0.39, 0.29) is 0 Å². The van der Waals surface area contributed by atoms with Crippen molar-refractivity contribution >= 4 is 6.29 Å². The summed E-state index contributed by atoms with van der Waals surface area (Å²) in [7, 11) is 0. The van der Waals surface area contributed by atoms with Crippen molar-refractivity contribution in [3.63, 3.8) is 0 Å². The summed E-state index contributed by atoms with van der Waals surface area (Å²) in [5, 5.41) is 0. The van der Waals surface area contributed by atoms with Gasteiger partial charge in [-0.1, -0.05) is 13.0 Å². The van der Waals surface area contributed by atoms with Crippen LogP contribution in [0.2, 0.25) is 0 Å². The van der Waals surface area contributed by atoms with Gasteiger partial charge in [-0.25, -0.2) is 0 Å². The Hall–Kier alpha value is -0.630. The van der Waals surface area contributed by atoms with Crippen LogP contribution in [0.1, 0.15) is 39.5 Å². The zero-order valence-electron chi connectivity index (χ0n) is 9.33. The Bertz CT molecular complexity index is 210. The van der Waals surface area contributed by atoms with E-state index in [0.29, 0.717) is 12.1 Å². The van der Waals surface area contributed by atoms with Crippen molar-refractivity contribution in [2.45, 2.75) is 51.6 Å². The molecule has 80 valence electrons. The molecule has 0 N–H and O–H groups in total. The van der Waals surface area contributed by atoms with E-state index >= 15 is 0 Å². The third-order valence-electron chi connectivity index (χ3n) is 3.00. The van der Waals surface area contributed by atoms with E-state index in [4.69, 9.17) is 0 Å². The molecule has 0 aromatic heterocycles. The van der Waals surface area contributed by atoms with Crippen LogP contribution in [0.4, 0.5) is 0 Å². The number of hydrogen-bond donors (Lipinski definition) is 0. The lowest BCUT2D eigenvalue weighted by Gasteiger charge is -2.38. The van der Waals surface area contributed by atoms with Gasteiger partial charge < -0.3 is 0 Å². The maximum atomic E-state index is 10.5. The molecule has 1 atom stereocenters. The summed E-state index contributed by atoms with van der Waals surface area (Å²) < 4.78 is 0. The minimum absolute atomic E-state index is 0.543.